The zero-order chi connectivity index (χ0) is 21.4. The highest BCUT2D eigenvalue weighted by Crippen LogP contribution is 2.26. The molecule has 3 aromatic rings. The molecule has 9 heteroatoms. The van der Waals surface area contributed by atoms with Crippen LogP contribution in [0.5, 0.6) is 0 Å². The van der Waals surface area contributed by atoms with Crippen molar-refractivity contribution in [3.8, 4) is 5.82 Å². The van der Waals surface area contributed by atoms with Crippen LogP contribution in [0.2, 0.25) is 0 Å². The number of aryl methyl sites for hydroxylation is 3. The lowest BCUT2D eigenvalue weighted by atomic mass is 10.1. The fourth-order valence-electron chi connectivity index (χ4n) is 4.17. The molecule has 5 rings (SSSR count). The molecule has 164 valence electrons. The van der Waals surface area contributed by atoms with E-state index in [1.807, 2.05) is 19.9 Å². The molecule has 2 aliphatic rings. The molecule has 0 unspecified atom stereocenters. The Hall–Kier alpha value is -3.04. The van der Waals surface area contributed by atoms with Gasteiger partial charge in [0.15, 0.2) is 5.82 Å². The van der Waals surface area contributed by atoms with Crippen molar-refractivity contribution in [1.82, 2.24) is 29.6 Å². The first-order valence-corrected chi connectivity index (χ1v) is 10.7. The minimum absolute atomic E-state index is 0. The second kappa shape index (κ2) is 8.24. The van der Waals surface area contributed by atoms with Gasteiger partial charge in [-0.3, -0.25) is 4.90 Å². The van der Waals surface area contributed by atoms with Crippen LogP contribution in [0.1, 0.15) is 18.5 Å². The number of benzene rings is 1. The van der Waals surface area contributed by atoms with Crippen LogP contribution in [-0.2, 0) is 4.74 Å². The van der Waals surface area contributed by atoms with E-state index in [1.54, 1.807) is 11.0 Å². The Morgan fingerprint density at radius 3 is 2.52 bits per heavy atom. The summed E-state index contributed by atoms with van der Waals surface area (Å²) >= 11 is 0. The third-order valence-electron chi connectivity index (χ3n) is 5.81. The van der Waals surface area contributed by atoms with Crippen LogP contribution in [0.15, 0.2) is 30.6 Å². The van der Waals surface area contributed by atoms with Crippen LogP contribution in [0.25, 0.3) is 5.82 Å². The van der Waals surface area contributed by atoms with E-state index in [9.17, 15) is 0 Å². The van der Waals surface area contributed by atoms with E-state index in [0.29, 0.717) is 23.6 Å². The lowest BCUT2D eigenvalue weighted by molar-refractivity contribution is -0.0660. The number of piperazine rings is 1. The number of aromatic nitrogens is 5. The molecule has 31 heavy (non-hydrogen) atoms. The van der Waals surface area contributed by atoms with Crippen molar-refractivity contribution in [2.75, 3.05) is 49.6 Å². The molecular weight excluding hydrogens is 392 g/mol. The predicted octanol–water partition coefficient (Wildman–Crippen LogP) is 2.49. The van der Waals surface area contributed by atoms with Crippen LogP contribution in [0.4, 0.5) is 17.3 Å². The lowest BCUT2D eigenvalue weighted by Crippen LogP contribution is -2.56. The van der Waals surface area contributed by atoms with Gasteiger partial charge in [0, 0.05) is 50.7 Å². The molecule has 0 radical (unpaired) electrons. The molecule has 2 aliphatic heterocycles. The van der Waals surface area contributed by atoms with Gasteiger partial charge in [0.1, 0.15) is 12.2 Å². The number of ether oxygens (including phenoxy) is 1. The van der Waals surface area contributed by atoms with Gasteiger partial charge < -0.3 is 15.0 Å². The largest absolute Gasteiger partial charge is 0.378 e. The molecule has 1 aromatic carbocycles. The Morgan fingerprint density at radius 1 is 1.00 bits per heavy atom. The van der Waals surface area contributed by atoms with Crippen molar-refractivity contribution in [1.29, 1.82) is 0 Å². The van der Waals surface area contributed by atoms with E-state index in [4.69, 9.17) is 4.74 Å². The third-order valence-corrected chi connectivity index (χ3v) is 5.81. The Morgan fingerprint density at radius 2 is 1.81 bits per heavy atom. The van der Waals surface area contributed by atoms with E-state index in [0.717, 1.165) is 50.8 Å². The standard InChI is InChI=1S/C22H28N8O.H2/c1-15-8-18(11-19(9-15)28-4-6-29(7-5-28)20-12-31-13-20)26-22-23-14-30(27-22)21-10-16(2)24-17(3)25-21;/h8-11,14,20H,4-7,12-13H2,1-3H3,(H,26,27);1H. The highest BCUT2D eigenvalue weighted by molar-refractivity contribution is 5.64. The van der Waals surface area contributed by atoms with Gasteiger partial charge >= 0.3 is 0 Å². The molecule has 4 heterocycles. The number of hydrogen-bond donors (Lipinski definition) is 1. The van der Waals surface area contributed by atoms with Crippen LogP contribution < -0.4 is 10.2 Å². The summed E-state index contributed by atoms with van der Waals surface area (Å²) in [5.74, 6) is 1.97. The molecule has 2 saturated heterocycles. The maximum atomic E-state index is 5.35. The van der Waals surface area contributed by atoms with E-state index in [2.05, 4.69) is 60.3 Å². The third kappa shape index (κ3) is 4.38. The first kappa shape index (κ1) is 19.9. The molecule has 0 atom stereocenters. The topological polar surface area (TPSA) is 84.2 Å². The van der Waals surface area contributed by atoms with E-state index in [-0.39, 0.29) is 1.43 Å². The molecule has 0 bridgehead atoms. The Bertz CT molecular complexity index is 1060. The van der Waals surface area contributed by atoms with Crippen LogP contribution >= 0.6 is 0 Å². The van der Waals surface area contributed by atoms with Gasteiger partial charge in [-0.25, -0.2) is 14.6 Å². The van der Waals surface area contributed by atoms with Crippen molar-refractivity contribution in [2.24, 2.45) is 0 Å². The fraction of sp³-hybridized carbons (Fsp3) is 0.455. The number of nitrogens with one attached hydrogen (secondary N) is 1. The maximum Gasteiger partial charge on any atom is 0.247 e. The van der Waals surface area contributed by atoms with Crippen molar-refractivity contribution >= 4 is 17.3 Å². The minimum Gasteiger partial charge on any atom is -0.378 e. The minimum atomic E-state index is 0. The molecule has 9 nitrogen and oxygen atoms in total. The maximum absolute atomic E-state index is 5.35. The normalized spacial score (nSPS) is 17.6. The predicted molar refractivity (Wildman–Crippen MR) is 121 cm³/mol. The summed E-state index contributed by atoms with van der Waals surface area (Å²) in [5, 5.41) is 7.90. The smallest absolute Gasteiger partial charge is 0.247 e. The van der Waals surface area contributed by atoms with Crippen molar-refractivity contribution < 1.29 is 6.16 Å². The van der Waals surface area contributed by atoms with E-state index in [1.165, 1.54) is 11.3 Å². The number of anilines is 3. The van der Waals surface area contributed by atoms with E-state index < -0.39 is 0 Å². The summed E-state index contributed by atoms with van der Waals surface area (Å²) in [7, 11) is 0. The van der Waals surface area contributed by atoms with Crippen molar-refractivity contribution in [3.63, 3.8) is 0 Å². The molecule has 1 N–H and O–H groups in total. The Kier molecular flexibility index (Phi) is 5.29. The SMILES string of the molecule is Cc1cc(Nc2ncn(-c3cc(C)nc(C)n3)n2)cc(N2CCN(C3COC3)CC2)c1.[HH]. The first-order chi connectivity index (χ1) is 15.0. The van der Waals surface area contributed by atoms with Crippen molar-refractivity contribution in [3.05, 3.63) is 47.7 Å². The monoisotopic (exact) mass is 422 g/mol. The molecule has 2 fully saturated rings. The second-order valence-electron chi connectivity index (χ2n) is 8.32. The number of nitrogens with zero attached hydrogens (tertiary/aromatic N) is 7. The van der Waals surface area contributed by atoms with Gasteiger partial charge in [-0.2, -0.15) is 4.98 Å². The molecular formula is C22H30N8O. The first-order valence-electron chi connectivity index (χ1n) is 10.7. The number of hydrogen-bond acceptors (Lipinski definition) is 8. The summed E-state index contributed by atoms with van der Waals surface area (Å²) in [4.78, 5) is 18.2. The molecule has 0 saturated carbocycles. The van der Waals surface area contributed by atoms with Crippen LogP contribution in [-0.4, -0.2) is 75.1 Å². The highest BCUT2D eigenvalue weighted by Gasteiger charge is 2.29. The van der Waals surface area contributed by atoms with Gasteiger partial charge in [-0.05, 0) is 44.5 Å². The summed E-state index contributed by atoms with van der Waals surface area (Å²) in [6, 6.07) is 9.04. The average Bonchev–Trinajstić information content (AvgIpc) is 3.14. The molecule has 2 aromatic heterocycles. The van der Waals surface area contributed by atoms with Crippen LogP contribution in [0, 0.1) is 20.8 Å². The Labute approximate surface area is 183 Å². The van der Waals surface area contributed by atoms with Crippen LogP contribution in [0.3, 0.4) is 0 Å². The molecule has 0 aliphatic carbocycles. The zero-order valence-corrected chi connectivity index (χ0v) is 18.2. The summed E-state index contributed by atoms with van der Waals surface area (Å²) in [6.45, 7) is 11.9. The lowest BCUT2D eigenvalue weighted by Gasteiger charge is -2.43. The second-order valence-corrected chi connectivity index (χ2v) is 8.32. The van der Waals surface area contributed by atoms with Gasteiger partial charge in [-0.15, -0.1) is 5.10 Å². The molecule has 0 amide bonds. The van der Waals surface area contributed by atoms with Gasteiger partial charge in [-0.1, -0.05) is 0 Å². The average molecular weight is 423 g/mol. The van der Waals surface area contributed by atoms with Crippen molar-refractivity contribution in [2.45, 2.75) is 26.8 Å². The summed E-state index contributed by atoms with van der Waals surface area (Å²) in [5.41, 5.74) is 4.32. The summed E-state index contributed by atoms with van der Waals surface area (Å²) < 4.78 is 7.02. The number of rotatable bonds is 5. The summed E-state index contributed by atoms with van der Waals surface area (Å²) in [6.07, 6.45) is 1.67. The zero-order valence-electron chi connectivity index (χ0n) is 18.2. The quantitative estimate of drug-likeness (QED) is 0.671. The highest BCUT2D eigenvalue weighted by atomic mass is 16.5. The van der Waals surface area contributed by atoms with Gasteiger partial charge in [0.2, 0.25) is 5.95 Å². The van der Waals surface area contributed by atoms with Gasteiger partial charge in [0.25, 0.3) is 0 Å². The fourth-order valence-corrected chi connectivity index (χ4v) is 4.17. The molecule has 0 spiro atoms. The van der Waals surface area contributed by atoms with Gasteiger partial charge in [0.05, 0.1) is 19.3 Å². The Balaban J connectivity index is 0.00000245. The van der Waals surface area contributed by atoms with E-state index >= 15 is 0 Å².